The van der Waals surface area contributed by atoms with Crippen molar-refractivity contribution in [1.29, 1.82) is 0 Å². The van der Waals surface area contributed by atoms with Crippen LogP contribution in [0, 0.1) is 0 Å². The SMILES string of the molecule is C(=C\c1c[nH]c2ccccc12)/c1ccoc1. The number of aromatic amines is 1. The summed E-state index contributed by atoms with van der Waals surface area (Å²) in [5.41, 5.74) is 3.43. The maximum Gasteiger partial charge on any atom is 0.0974 e. The molecule has 2 heterocycles. The summed E-state index contributed by atoms with van der Waals surface area (Å²) in [6.07, 6.45) is 9.55. The normalized spacial score (nSPS) is 11.5. The summed E-state index contributed by atoms with van der Waals surface area (Å²) in [6.45, 7) is 0. The van der Waals surface area contributed by atoms with Gasteiger partial charge in [-0.2, -0.15) is 0 Å². The molecule has 0 saturated carbocycles. The molecule has 0 aliphatic carbocycles. The molecule has 1 N–H and O–H groups in total. The van der Waals surface area contributed by atoms with E-state index in [4.69, 9.17) is 4.42 Å². The number of furan rings is 1. The lowest BCUT2D eigenvalue weighted by Crippen LogP contribution is -1.67. The Labute approximate surface area is 93.2 Å². The molecule has 0 aliphatic heterocycles. The highest BCUT2D eigenvalue weighted by Gasteiger charge is 1.98. The summed E-state index contributed by atoms with van der Waals surface area (Å²) < 4.78 is 5.01. The van der Waals surface area contributed by atoms with E-state index in [1.165, 1.54) is 10.9 Å². The number of aromatic nitrogens is 1. The topological polar surface area (TPSA) is 28.9 Å². The van der Waals surface area contributed by atoms with E-state index in [1.54, 1.807) is 12.5 Å². The lowest BCUT2D eigenvalue weighted by Gasteiger charge is -1.90. The van der Waals surface area contributed by atoms with Crippen LogP contribution in [0.3, 0.4) is 0 Å². The minimum Gasteiger partial charge on any atom is -0.472 e. The van der Waals surface area contributed by atoms with E-state index < -0.39 is 0 Å². The molecular weight excluding hydrogens is 198 g/mol. The molecule has 2 aromatic heterocycles. The maximum atomic E-state index is 5.01. The monoisotopic (exact) mass is 209 g/mol. The predicted molar refractivity (Wildman–Crippen MR) is 65.9 cm³/mol. The third-order valence-corrected chi connectivity index (χ3v) is 2.62. The van der Waals surface area contributed by atoms with Crippen LogP contribution in [0.2, 0.25) is 0 Å². The summed E-state index contributed by atoms with van der Waals surface area (Å²) in [7, 11) is 0. The number of hydrogen-bond acceptors (Lipinski definition) is 1. The zero-order valence-corrected chi connectivity index (χ0v) is 8.68. The van der Waals surface area contributed by atoms with Crippen molar-refractivity contribution in [1.82, 2.24) is 4.98 Å². The lowest BCUT2D eigenvalue weighted by molar-refractivity contribution is 0.567. The molecule has 0 aliphatic rings. The minimum absolute atomic E-state index is 1.07. The van der Waals surface area contributed by atoms with Crippen molar-refractivity contribution in [3.63, 3.8) is 0 Å². The van der Waals surface area contributed by atoms with E-state index in [-0.39, 0.29) is 0 Å². The first-order valence-electron chi connectivity index (χ1n) is 5.20. The molecule has 0 fully saturated rings. The quantitative estimate of drug-likeness (QED) is 0.680. The van der Waals surface area contributed by atoms with Crippen LogP contribution in [-0.2, 0) is 0 Å². The molecule has 16 heavy (non-hydrogen) atoms. The molecule has 3 rings (SSSR count). The van der Waals surface area contributed by atoms with Crippen molar-refractivity contribution in [3.8, 4) is 0 Å². The van der Waals surface area contributed by atoms with E-state index in [0.29, 0.717) is 0 Å². The summed E-state index contributed by atoms with van der Waals surface area (Å²) in [5.74, 6) is 0. The predicted octanol–water partition coefficient (Wildman–Crippen LogP) is 3.93. The highest BCUT2D eigenvalue weighted by atomic mass is 16.3. The molecule has 2 heteroatoms. The summed E-state index contributed by atoms with van der Waals surface area (Å²) in [6, 6.07) is 10.2. The zero-order chi connectivity index (χ0) is 10.8. The molecule has 0 radical (unpaired) electrons. The minimum atomic E-state index is 1.07. The summed E-state index contributed by atoms with van der Waals surface area (Å²) >= 11 is 0. The van der Waals surface area contributed by atoms with Crippen LogP contribution in [0.25, 0.3) is 23.1 Å². The average Bonchev–Trinajstić information content (AvgIpc) is 2.96. The van der Waals surface area contributed by atoms with Gasteiger partial charge in [-0.15, -0.1) is 0 Å². The Kier molecular flexibility index (Phi) is 2.11. The van der Waals surface area contributed by atoms with Crippen LogP contribution in [-0.4, -0.2) is 4.98 Å². The zero-order valence-electron chi connectivity index (χ0n) is 8.68. The van der Waals surface area contributed by atoms with Gasteiger partial charge >= 0.3 is 0 Å². The van der Waals surface area contributed by atoms with Gasteiger partial charge in [-0.1, -0.05) is 30.4 Å². The average molecular weight is 209 g/mol. The van der Waals surface area contributed by atoms with Crippen molar-refractivity contribution in [2.45, 2.75) is 0 Å². The van der Waals surface area contributed by atoms with Gasteiger partial charge < -0.3 is 9.40 Å². The Balaban J connectivity index is 2.01. The molecule has 0 bridgehead atoms. The van der Waals surface area contributed by atoms with E-state index >= 15 is 0 Å². The second kappa shape index (κ2) is 3.74. The van der Waals surface area contributed by atoms with E-state index in [9.17, 15) is 0 Å². The lowest BCUT2D eigenvalue weighted by atomic mass is 10.1. The van der Waals surface area contributed by atoms with Crippen LogP contribution in [0.15, 0.2) is 53.5 Å². The Hall–Kier alpha value is -2.22. The largest absolute Gasteiger partial charge is 0.472 e. The smallest absolute Gasteiger partial charge is 0.0974 e. The molecule has 2 nitrogen and oxygen atoms in total. The van der Waals surface area contributed by atoms with Crippen molar-refractivity contribution in [3.05, 3.63) is 60.2 Å². The van der Waals surface area contributed by atoms with Crippen LogP contribution < -0.4 is 0 Å². The van der Waals surface area contributed by atoms with Gasteiger partial charge in [0.15, 0.2) is 0 Å². The Bertz CT molecular complexity index is 617. The van der Waals surface area contributed by atoms with Gasteiger partial charge in [-0.3, -0.25) is 0 Å². The van der Waals surface area contributed by atoms with Crippen molar-refractivity contribution >= 4 is 23.1 Å². The third-order valence-electron chi connectivity index (χ3n) is 2.62. The fourth-order valence-electron chi connectivity index (χ4n) is 1.79. The molecule has 0 amide bonds. The molecular formula is C14H11NO. The first-order chi connectivity index (χ1) is 7.93. The number of benzene rings is 1. The molecule has 1 aromatic carbocycles. The Morgan fingerprint density at radius 1 is 1.06 bits per heavy atom. The van der Waals surface area contributed by atoms with Gasteiger partial charge in [0.25, 0.3) is 0 Å². The second-order valence-corrected chi connectivity index (χ2v) is 3.68. The highest BCUT2D eigenvalue weighted by molar-refractivity contribution is 5.91. The third kappa shape index (κ3) is 1.54. The van der Waals surface area contributed by atoms with E-state index in [0.717, 1.165) is 11.1 Å². The standard InChI is InChI=1S/C14H11NO/c1-2-4-14-13(3-1)12(9-15-14)6-5-11-7-8-16-10-11/h1-10,15H/b6-5+. The first kappa shape index (κ1) is 9.04. The van der Waals surface area contributed by atoms with Gasteiger partial charge in [0.1, 0.15) is 0 Å². The van der Waals surface area contributed by atoms with Crippen LogP contribution in [0.1, 0.15) is 11.1 Å². The number of hydrogen-bond donors (Lipinski definition) is 1. The maximum absolute atomic E-state index is 5.01. The first-order valence-corrected chi connectivity index (χ1v) is 5.20. The van der Waals surface area contributed by atoms with Gasteiger partial charge in [-0.05, 0) is 17.7 Å². The van der Waals surface area contributed by atoms with E-state index in [1.807, 2.05) is 30.5 Å². The Morgan fingerprint density at radius 3 is 2.88 bits per heavy atom. The molecule has 0 atom stereocenters. The van der Waals surface area contributed by atoms with Crippen molar-refractivity contribution < 1.29 is 4.42 Å². The molecule has 0 unspecified atom stereocenters. The summed E-state index contributed by atoms with van der Waals surface area (Å²) in [4.78, 5) is 3.24. The molecule has 0 spiro atoms. The number of rotatable bonds is 2. The fraction of sp³-hybridized carbons (Fsp3) is 0. The van der Waals surface area contributed by atoms with E-state index in [2.05, 4.69) is 23.2 Å². The van der Waals surface area contributed by atoms with Gasteiger partial charge in [-0.25, -0.2) is 0 Å². The fourth-order valence-corrected chi connectivity index (χ4v) is 1.79. The molecule has 78 valence electrons. The van der Waals surface area contributed by atoms with Gasteiger partial charge in [0.05, 0.1) is 12.5 Å². The number of H-pyrrole nitrogens is 1. The van der Waals surface area contributed by atoms with Crippen LogP contribution in [0.5, 0.6) is 0 Å². The van der Waals surface area contributed by atoms with Crippen molar-refractivity contribution in [2.75, 3.05) is 0 Å². The van der Waals surface area contributed by atoms with Gasteiger partial charge in [0.2, 0.25) is 0 Å². The summed E-state index contributed by atoms with van der Waals surface area (Å²) in [5, 5.41) is 1.24. The second-order valence-electron chi connectivity index (χ2n) is 3.68. The Morgan fingerprint density at radius 2 is 2.00 bits per heavy atom. The highest BCUT2D eigenvalue weighted by Crippen LogP contribution is 2.19. The van der Waals surface area contributed by atoms with Crippen LogP contribution in [0.4, 0.5) is 0 Å². The molecule has 3 aromatic rings. The van der Waals surface area contributed by atoms with Crippen molar-refractivity contribution in [2.24, 2.45) is 0 Å². The van der Waals surface area contributed by atoms with Crippen LogP contribution >= 0.6 is 0 Å². The number of fused-ring (bicyclic) bond motifs is 1. The number of nitrogens with one attached hydrogen (secondary N) is 1. The molecule has 0 saturated heterocycles. The number of para-hydroxylation sites is 1. The van der Waals surface area contributed by atoms with Gasteiger partial charge in [0, 0.05) is 22.7 Å².